The molecular formula is C13H12N2O4. The van der Waals surface area contributed by atoms with Crippen molar-refractivity contribution in [2.24, 2.45) is 0 Å². The molecule has 2 rings (SSSR count). The van der Waals surface area contributed by atoms with E-state index in [9.17, 15) is 14.4 Å². The van der Waals surface area contributed by atoms with Crippen LogP contribution in [0.2, 0.25) is 0 Å². The van der Waals surface area contributed by atoms with Crippen molar-refractivity contribution < 1.29 is 14.3 Å². The summed E-state index contributed by atoms with van der Waals surface area (Å²) in [5, 5.41) is 0.440. The van der Waals surface area contributed by atoms with Crippen LogP contribution in [0.3, 0.4) is 0 Å². The normalized spacial score (nSPS) is 10.4. The van der Waals surface area contributed by atoms with Crippen molar-refractivity contribution in [3.8, 4) is 0 Å². The number of hydrogen-bond donors (Lipinski definition) is 1. The number of esters is 1. The maximum absolute atomic E-state index is 11.8. The van der Waals surface area contributed by atoms with E-state index in [4.69, 9.17) is 0 Å². The van der Waals surface area contributed by atoms with E-state index in [1.165, 1.54) is 0 Å². The molecule has 0 radical (unpaired) electrons. The number of aromatic amines is 1. The second-order valence-corrected chi connectivity index (χ2v) is 3.85. The van der Waals surface area contributed by atoms with E-state index in [0.29, 0.717) is 10.9 Å². The van der Waals surface area contributed by atoms with Crippen molar-refractivity contribution in [2.75, 3.05) is 6.61 Å². The standard InChI is InChI=1S/C13H12N2O4/c1-2-19-13(18)10(16)7-11-14-9-6-4-3-5-8(9)12(17)15-11/h3-6H,2,7H2,1H3,(H,14,15,17). The van der Waals surface area contributed by atoms with Gasteiger partial charge in [0.1, 0.15) is 5.82 Å². The summed E-state index contributed by atoms with van der Waals surface area (Å²) in [7, 11) is 0. The van der Waals surface area contributed by atoms with Crippen LogP contribution in [0.1, 0.15) is 12.7 Å². The SMILES string of the molecule is CCOC(=O)C(=O)Cc1nc2ccccc2c(=O)[nH]1. The minimum atomic E-state index is -0.918. The molecule has 1 aromatic heterocycles. The Morgan fingerprint density at radius 2 is 2.05 bits per heavy atom. The van der Waals surface area contributed by atoms with Gasteiger partial charge < -0.3 is 9.72 Å². The third-order valence-electron chi connectivity index (χ3n) is 2.49. The van der Waals surface area contributed by atoms with Crippen LogP contribution < -0.4 is 5.56 Å². The number of para-hydroxylation sites is 1. The van der Waals surface area contributed by atoms with E-state index in [0.717, 1.165) is 0 Å². The van der Waals surface area contributed by atoms with Crippen LogP contribution in [0.15, 0.2) is 29.1 Å². The van der Waals surface area contributed by atoms with Gasteiger partial charge in [-0.3, -0.25) is 9.59 Å². The molecule has 0 amide bonds. The molecule has 19 heavy (non-hydrogen) atoms. The maximum Gasteiger partial charge on any atom is 0.375 e. The number of ether oxygens (including phenoxy) is 1. The minimum absolute atomic E-state index is 0.131. The van der Waals surface area contributed by atoms with E-state index in [-0.39, 0.29) is 24.4 Å². The predicted octanol–water partition coefficient (Wildman–Crippen LogP) is 0.598. The molecule has 0 bridgehead atoms. The van der Waals surface area contributed by atoms with Gasteiger partial charge in [-0.05, 0) is 19.1 Å². The second-order valence-electron chi connectivity index (χ2n) is 3.85. The average molecular weight is 260 g/mol. The van der Waals surface area contributed by atoms with Gasteiger partial charge >= 0.3 is 5.97 Å². The third-order valence-corrected chi connectivity index (χ3v) is 2.49. The van der Waals surface area contributed by atoms with Crippen LogP contribution in [0.5, 0.6) is 0 Å². The number of aromatic nitrogens is 2. The van der Waals surface area contributed by atoms with Crippen molar-refractivity contribution in [1.29, 1.82) is 0 Å². The molecule has 0 aliphatic heterocycles. The van der Waals surface area contributed by atoms with E-state index < -0.39 is 11.8 Å². The number of carbonyl (C=O) groups is 2. The smallest absolute Gasteiger partial charge is 0.375 e. The molecule has 6 heteroatoms. The summed E-state index contributed by atoms with van der Waals surface area (Å²) in [6, 6.07) is 6.77. The monoisotopic (exact) mass is 260 g/mol. The fourth-order valence-electron chi connectivity index (χ4n) is 1.65. The number of ketones is 1. The van der Waals surface area contributed by atoms with Gasteiger partial charge in [0.2, 0.25) is 5.78 Å². The molecule has 0 saturated carbocycles. The average Bonchev–Trinajstić information content (AvgIpc) is 2.39. The molecule has 2 aromatic rings. The highest BCUT2D eigenvalue weighted by Gasteiger charge is 2.17. The lowest BCUT2D eigenvalue weighted by molar-refractivity contribution is -0.153. The van der Waals surface area contributed by atoms with E-state index in [2.05, 4.69) is 14.7 Å². The van der Waals surface area contributed by atoms with Crippen LogP contribution >= 0.6 is 0 Å². The Morgan fingerprint density at radius 3 is 2.79 bits per heavy atom. The van der Waals surface area contributed by atoms with Crippen molar-refractivity contribution in [3.05, 3.63) is 40.4 Å². The van der Waals surface area contributed by atoms with Gasteiger partial charge in [-0.25, -0.2) is 9.78 Å². The largest absolute Gasteiger partial charge is 0.460 e. The molecule has 0 atom stereocenters. The van der Waals surface area contributed by atoms with Gasteiger partial charge in [-0.1, -0.05) is 12.1 Å². The number of H-pyrrole nitrogens is 1. The van der Waals surface area contributed by atoms with Crippen molar-refractivity contribution in [2.45, 2.75) is 13.3 Å². The zero-order chi connectivity index (χ0) is 13.8. The fraction of sp³-hybridized carbons (Fsp3) is 0.231. The first-order chi connectivity index (χ1) is 9.11. The molecule has 0 spiro atoms. The van der Waals surface area contributed by atoms with Gasteiger partial charge in [-0.15, -0.1) is 0 Å². The van der Waals surface area contributed by atoms with Crippen molar-refractivity contribution in [1.82, 2.24) is 9.97 Å². The van der Waals surface area contributed by atoms with Crippen LogP contribution in [-0.4, -0.2) is 28.3 Å². The Kier molecular flexibility index (Phi) is 3.70. The lowest BCUT2D eigenvalue weighted by Gasteiger charge is -2.02. The topological polar surface area (TPSA) is 89.1 Å². The summed E-state index contributed by atoms with van der Waals surface area (Å²) in [6.07, 6.45) is -0.279. The number of hydrogen-bond acceptors (Lipinski definition) is 5. The van der Waals surface area contributed by atoms with Crippen LogP contribution in [0.25, 0.3) is 10.9 Å². The number of rotatable bonds is 4. The summed E-state index contributed by atoms with van der Waals surface area (Å²) in [6.45, 7) is 1.74. The lowest BCUT2D eigenvalue weighted by Crippen LogP contribution is -2.22. The molecule has 0 aliphatic rings. The summed E-state index contributed by atoms with van der Waals surface area (Å²) < 4.78 is 4.59. The fourth-order valence-corrected chi connectivity index (χ4v) is 1.65. The third kappa shape index (κ3) is 2.85. The summed E-state index contributed by atoms with van der Waals surface area (Å²) in [4.78, 5) is 41.1. The molecule has 0 aliphatic carbocycles. The Hall–Kier alpha value is -2.50. The van der Waals surface area contributed by atoms with Crippen LogP contribution in [0.4, 0.5) is 0 Å². The molecule has 1 heterocycles. The van der Waals surface area contributed by atoms with E-state index in [1.54, 1.807) is 31.2 Å². The summed E-state index contributed by atoms with van der Waals surface area (Å²) in [5.41, 5.74) is 0.148. The van der Waals surface area contributed by atoms with Crippen LogP contribution in [-0.2, 0) is 20.7 Å². The zero-order valence-electron chi connectivity index (χ0n) is 10.3. The first-order valence-electron chi connectivity index (χ1n) is 5.79. The second kappa shape index (κ2) is 5.43. The number of nitrogens with zero attached hydrogens (tertiary/aromatic N) is 1. The lowest BCUT2D eigenvalue weighted by atomic mass is 10.2. The minimum Gasteiger partial charge on any atom is -0.460 e. The Morgan fingerprint density at radius 1 is 1.32 bits per heavy atom. The van der Waals surface area contributed by atoms with E-state index >= 15 is 0 Å². The maximum atomic E-state index is 11.8. The van der Waals surface area contributed by atoms with Gasteiger partial charge in [-0.2, -0.15) is 0 Å². The molecule has 1 aromatic carbocycles. The number of benzene rings is 1. The highest BCUT2D eigenvalue weighted by atomic mass is 16.5. The van der Waals surface area contributed by atoms with Gasteiger partial charge in [0, 0.05) is 0 Å². The molecular weight excluding hydrogens is 248 g/mol. The molecule has 98 valence electrons. The molecule has 0 saturated heterocycles. The number of fused-ring (bicyclic) bond motifs is 1. The quantitative estimate of drug-likeness (QED) is 0.642. The van der Waals surface area contributed by atoms with Crippen molar-refractivity contribution in [3.63, 3.8) is 0 Å². The molecule has 0 fully saturated rings. The van der Waals surface area contributed by atoms with Gasteiger partial charge in [0.05, 0.1) is 23.9 Å². The first kappa shape index (κ1) is 12.9. The molecule has 1 N–H and O–H groups in total. The number of Topliss-reactive ketones (excluding diaryl/α,β-unsaturated/α-hetero) is 1. The molecule has 0 unspecified atom stereocenters. The van der Waals surface area contributed by atoms with E-state index in [1.807, 2.05) is 0 Å². The number of nitrogens with one attached hydrogen (secondary N) is 1. The van der Waals surface area contributed by atoms with Crippen molar-refractivity contribution >= 4 is 22.7 Å². The summed E-state index contributed by atoms with van der Waals surface area (Å²) in [5.74, 6) is -1.50. The highest BCUT2D eigenvalue weighted by molar-refractivity contribution is 6.34. The van der Waals surface area contributed by atoms with Gasteiger partial charge in [0.15, 0.2) is 0 Å². The number of carbonyl (C=O) groups excluding carboxylic acids is 2. The molecule has 6 nitrogen and oxygen atoms in total. The van der Waals surface area contributed by atoms with Crippen LogP contribution in [0, 0.1) is 0 Å². The Bertz CT molecular complexity index is 690. The Labute approximate surface area is 108 Å². The zero-order valence-corrected chi connectivity index (χ0v) is 10.3. The first-order valence-corrected chi connectivity index (χ1v) is 5.79. The predicted molar refractivity (Wildman–Crippen MR) is 67.7 cm³/mol. The van der Waals surface area contributed by atoms with Gasteiger partial charge in [0.25, 0.3) is 5.56 Å². The summed E-state index contributed by atoms with van der Waals surface area (Å²) >= 11 is 0. The Balaban J connectivity index is 2.29. The highest BCUT2D eigenvalue weighted by Crippen LogP contribution is 2.06.